The lowest BCUT2D eigenvalue weighted by molar-refractivity contribution is -0.143. The Morgan fingerprint density at radius 3 is 2.63 bits per heavy atom. The molecule has 164 valence electrons. The molecule has 1 aromatic rings. The molecular weight excluding hydrogens is 386 g/mol. The van der Waals surface area contributed by atoms with Gasteiger partial charge in [-0.15, -0.1) is 0 Å². The van der Waals surface area contributed by atoms with Crippen molar-refractivity contribution in [3.05, 3.63) is 24.2 Å². The summed E-state index contributed by atoms with van der Waals surface area (Å²) in [5.74, 6) is 1.16. The lowest BCUT2D eigenvalue weighted by Crippen LogP contribution is -2.59. The molecule has 1 aliphatic carbocycles. The first-order valence-electron chi connectivity index (χ1n) is 10.8. The van der Waals surface area contributed by atoms with Crippen molar-refractivity contribution < 1.29 is 23.5 Å². The minimum atomic E-state index is -0.586. The number of hydrogen-bond acceptors (Lipinski definition) is 5. The highest BCUT2D eigenvalue weighted by molar-refractivity contribution is 5.85. The summed E-state index contributed by atoms with van der Waals surface area (Å²) in [4.78, 5) is 43.2. The molecule has 0 N–H and O–H groups in total. The molecule has 3 amide bonds. The van der Waals surface area contributed by atoms with E-state index < -0.39 is 11.7 Å². The van der Waals surface area contributed by atoms with E-state index in [1.54, 1.807) is 6.26 Å². The summed E-state index contributed by atoms with van der Waals surface area (Å²) in [7, 11) is 0. The molecule has 2 saturated heterocycles. The van der Waals surface area contributed by atoms with Gasteiger partial charge in [-0.25, -0.2) is 4.79 Å². The molecule has 3 fully saturated rings. The number of nitrogens with zero attached hydrogens (tertiary/aromatic N) is 3. The van der Waals surface area contributed by atoms with Crippen LogP contribution in [0.15, 0.2) is 22.8 Å². The van der Waals surface area contributed by atoms with Gasteiger partial charge in [-0.2, -0.15) is 0 Å². The van der Waals surface area contributed by atoms with Crippen molar-refractivity contribution in [1.29, 1.82) is 0 Å². The van der Waals surface area contributed by atoms with E-state index in [0.717, 1.165) is 31.6 Å². The van der Waals surface area contributed by atoms with E-state index in [-0.39, 0.29) is 36.2 Å². The third-order valence-corrected chi connectivity index (χ3v) is 6.07. The normalized spacial score (nSPS) is 27.2. The second kappa shape index (κ2) is 7.96. The fourth-order valence-corrected chi connectivity index (χ4v) is 4.48. The molecule has 0 aromatic carbocycles. The van der Waals surface area contributed by atoms with Gasteiger partial charge in [0.15, 0.2) is 0 Å². The van der Waals surface area contributed by atoms with E-state index in [0.29, 0.717) is 19.6 Å². The number of ether oxygens (including phenoxy) is 1. The number of carbonyl (C=O) groups excluding carboxylic acids is 3. The predicted octanol–water partition coefficient (Wildman–Crippen LogP) is 2.45. The molecule has 2 aliphatic heterocycles. The van der Waals surface area contributed by atoms with Crippen LogP contribution in [0.25, 0.3) is 0 Å². The molecule has 1 saturated carbocycles. The van der Waals surface area contributed by atoms with Crippen LogP contribution in [0.4, 0.5) is 4.79 Å². The highest BCUT2D eigenvalue weighted by Gasteiger charge is 2.48. The second-order valence-corrected chi connectivity index (χ2v) is 9.53. The zero-order valence-corrected chi connectivity index (χ0v) is 18.0. The van der Waals surface area contributed by atoms with Crippen molar-refractivity contribution in [2.24, 2.45) is 5.92 Å². The van der Waals surface area contributed by atoms with E-state index >= 15 is 0 Å². The van der Waals surface area contributed by atoms with Crippen molar-refractivity contribution in [1.82, 2.24) is 14.7 Å². The highest BCUT2D eigenvalue weighted by atomic mass is 16.6. The molecule has 30 heavy (non-hydrogen) atoms. The number of rotatable bonds is 3. The maximum atomic E-state index is 13.0. The number of piperazine rings is 1. The predicted molar refractivity (Wildman–Crippen MR) is 109 cm³/mol. The Hall–Kier alpha value is -2.51. The number of furan rings is 1. The van der Waals surface area contributed by atoms with Crippen LogP contribution in [-0.4, -0.2) is 77.0 Å². The van der Waals surface area contributed by atoms with Gasteiger partial charge >= 0.3 is 6.09 Å². The molecule has 1 aromatic heterocycles. The Kier molecular flexibility index (Phi) is 5.51. The Morgan fingerprint density at radius 2 is 1.97 bits per heavy atom. The molecule has 3 aliphatic rings. The fourth-order valence-electron chi connectivity index (χ4n) is 4.48. The van der Waals surface area contributed by atoms with Crippen LogP contribution in [0.2, 0.25) is 0 Å². The van der Waals surface area contributed by atoms with Crippen molar-refractivity contribution in [2.45, 2.75) is 57.6 Å². The minimum Gasteiger partial charge on any atom is -0.469 e. The van der Waals surface area contributed by atoms with E-state index in [9.17, 15) is 14.4 Å². The van der Waals surface area contributed by atoms with Crippen LogP contribution in [-0.2, 0) is 14.3 Å². The largest absolute Gasteiger partial charge is 0.469 e. The maximum absolute atomic E-state index is 13.0. The Bertz CT molecular complexity index is 800. The zero-order chi connectivity index (χ0) is 21.5. The van der Waals surface area contributed by atoms with Crippen LogP contribution in [0.3, 0.4) is 0 Å². The molecular formula is C22H31N3O5. The van der Waals surface area contributed by atoms with Crippen molar-refractivity contribution in [3.8, 4) is 0 Å². The van der Waals surface area contributed by atoms with Gasteiger partial charge in [0.1, 0.15) is 17.9 Å². The van der Waals surface area contributed by atoms with Gasteiger partial charge in [0.2, 0.25) is 11.8 Å². The third-order valence-electron chi connectivity index (χ3n) is 6.07. The van der Waals surface area contributed by atoms with Crippen LogP contribution in [0.1, 0.15) is 51.7 Å². The first kappa shape index (κ1) is 20.8. The Balaban J connectivity index is 1.31. The lowest BCUT2D eigenvalue weighted by atomic mass is 10.0. The van der Waals surface area contributed by atoms with Crippen LogP contribution >= 0.6 is 0 Å². The van der Waals surface area contributed by atoms with E-state index in [4.69, 9.17) is 9.15 Å². The van der Waals surface area contributed by atoms with Crippen molar-refractivity contribution in [2.75, 3.05) is 32.7 Å². The van der Waals surface area contributed by atoms with Gasteiger partial charge < -0.3 is 19.0 Å². The van der Waals surface area contributed by atoms with Gasteiger partial charge in [-0.1, -0.05) is 0 Å². The lowest BCUT2D eigenvalue weighted by Gasteiger charge is -2.43. The molecule has 0 bridgehead atoms. The van der Waals surface area contributed by atoms with E-state index in [1.165, 1.54) is 4.90 Å². The summed E-state index contributed by atoms with van der Waals surface area (Å²) in [5, 5.41) is 0. The standard InChI is InChI=1S/C22H31N3O5/c1-22(2,3)30-21(28)24-9-10-25(19(26)14-24)15-6-4-8-23(13-15)20(27)17-12-16(17)18-7-5-11-29-18/h5,7,11,15-17H,4,6,8-10,12-14H2,1-3H3/t15-,16-,17+/m1/s1. The second-order valence-electron chi connectivity index (χ2n) is 9.53. The SMILES string of the molecule is CC(C)(C)OC(=O)N1CCN([C@@H]2CCCN(C(=O)[C@H]3C[C@H]3c3ccco3)C2)C(=O)C1. The zero-order valence-electron chi connectivity index (χ0n) is 18.0. The van der Waals surface area contributed by atoms with Gasteiger partial charge in [0.25, 0.3) is 0 Å². The summed E-state index contributed by atoms with van der Waals surface area (Å²) >= 11 is 0. The topological polar surface area (TPSA) is 83.3 Å². The summed E-state index contributed by atoms with van der Waals surface area (Å²) in [6, 6.07) is 3.80. The molecule has 0 spiro atoms. The third kappa shape index (κ3) is 4.47. The fraction of sp³-hybridized carbons (Fsp3) is 0.682. The highest BCUT2D eigenvalue weighted by Crippen LogP contribution is 2.48. The van der Waals surface area contributed by atoms with Crippen LogP contribution in [0, 0.1) is 5.92 Å². The summed E-state index contributed by atoms with van der Waals surface area (Å²) < 4.78 is 10.8. The first-order chi connectivity index (χ1) is 14.2. The van der Waals surface area contributed by atoms with Crippen LogP contribution in [0.5, 0.6) is 0 Å². The smallest absolute Gasteiger partial charge is 0.410 e. The summed E-state index contributed by atoms with van der Waals surface area (Å²) in [6.45, 7) is 7.70. The van der Waals surface area contributed by atoms with Crippen molar-refractivity contribution >= 4 is 17.9 Å². The monoisotopic (exact) mass is 417 g/mol. The minimum absolute atomic E-state index is 0.00498. The molecule has 3 atom stereocenters. The molecule has 8 nitrogen and oxygen atoms in total. The number of piperidine rings is 1. The van der Waals surface area contributed by atoms with Gasteiger partial charge in [-0.3, -0.25) is 14.5 Å². The first-order valence-corrected chi connectivity index (χ1v) is 10.8. The number of amides is 3. The maximum Gasteiger partial charge on any atom is 0.410 e. The quantitative estimate of drug-likeness (QED) is 0.754. The Morgan fingerprint density at radius 1 is 1.17 bits per heavy atom. The van der Waals surface area contributed by atoms with Crippen molar-refractivity contribution in [3.63, 3.8) is 0 Å². The van der Waals surface area contributed by atoms with E-state index in [2.05, 4.69) is 0 Å². The summed E-state index contributed by atoms with van der Waals surface area (Å²) in [5.41, 5.74) is -0.586. The Labute approximate surface area is 177 Å². The van der Waals surface area contributed by atoms with E-state index in [1.807, 2.05) is 42.7 Å². The van der Waals surface area contributed by atoms with Gasteiger partial charge in [0, 0.05) is 44.1 Å². The molecule has 3 heterocycles. The molecule has 4 rings (SSSR count). The summed E-state index contributed by atoms with van der Waals surface area (Å²) in [6.07, 6.45) is 3.80. The molecule has 8 heteroatoms. The van der Waals surface area contributed by atoms with Gasteiger partial charge in [0.05, 0.1) is 6.26 Å². The molecule has 0 radical (unpaired) electrons. The number of carbonyl (C=O) groups is 3. The number of likely N-dealkylation sites (tertiary alicyclic amines) is 1. The van der Waals surface area contributed by atoms with Gasteiger partial charge in [-0.05, 0) is 52.2 Å². The number of hydrogen-bond donors (Lipinski definition) is 0. The van der Waals surface area contributed by atoms with Crippen LogP contribution < -0.4 is 0 Å². The average Bonchev–Trinajstić information content (AvgIpc) is 3.30. The average molecular weight is 418 g/mol. The molecule has 0 unspecified atom stereocenters.